The number of nitrogens with one attached hydrogen (secondary N) is 3. The zero-order chi connectivity index (χ0) is 22.1. The molecule has 1 amide bonds. The van der Waals surface area contributed by atoms with Gasteiger partial charge in [0.15, 0.2) is 0 Å². The molecule has 1 atom stereocenters. The van der Waals surface area contributed by atoms with E-state index in [4.69, 9.17) is 4.42 Å². The van der Waals surface area contributed by atoms with Crippen molar-refractivity contribution in [1.82, 2.24) is 30.5 Å². The maximum atomic E-state index is 12.8. The zero-order valence-corrected chi connectivity index (χ0v) is 16.8. The number of fused-ring (bicyclic) bond motifs is 1. The Morgan fingerprint density at radius 2 is 1.97 bits per heavy atom. The first-order valence-corrected chi connectivity index (χ1v) is 10.1. The van der Waals surface area contributed by atoms with Gasteiger partial charge in [-0.15, -0.1) is 5.10 Å². The van der Waals surface area contributed by atoms with Gasteiger partial charge < -0.3 is 25.1 Å². The van der Waals surface area contributed by atoms with E-state index in [0.29, 0.717) is 40.1 Å². The molecular formula is C21H19N7O4. The predicted octanol–water partition coefficient (Wildman–Crippen LogP) is 2.91. The van der Waals surface area contributed by atoms with E-state index in [9.17, 15) is 14.7 Å². The fourth-order valence-electron chi connectivity index (χ4n) is 3.41. The molecule has 32 heavy (non-hydrogen) atoms. The molecule has 11 heteroatoms. The van der Waals surface area contributed by atoms with Crippen molar-refractivity contribution >= 4 is 34.6 Å². The highest BCUT2D eigenvalue weighted by atomic mass is 16.4. The molecule has 1 aromatic carbocycles. The summed E-state index contributed by atoms with van der Waals surface area (Å²) in [5.74, 6) is -0.521. The normalized spacial score (nSPS) is 14.2. The molecular weight excluding hydrogens is 414 g/mol. The lowest BCUT2D eigenvalue weighted by Gasteiger charge is -2.18. The van der Waals surface area contributed by atoms with E-state index in [1.807, 2.05) is 0 Å². The molecule has 0 aliphatic heterocycles. The average molecular weight is 433 g/mol. The van der Waals surface area contributed by atoms with Crippen LogP contribution in [0.25, 0.3) is 11.0 Å². The van der Waals surface area contributed by atoms with Gasteiger partial charge in [-0.25, -0.2) is 9.97 Å². The minimum atomic E-state index is -1.04. The van der Waals surface area contributed by atoms with Crippen molar-refractivity contribution in [2.45, 2.75) is 31.2 Å². The number of carboxylic acids is 1. The summed E-state index contributed by atoms with van der Waals surface area (Å²) in [4.78, 5) is 35.3. The van der Waals surface area contributed by atoms with Crippen LogP contribution in [0, 0.1) is 0 Å². The summed E-state index contributed by atoms with van der Waals surface area (Å²) in [6.07, 6.45) is 4.80. The molecule has 1 fully saturated rings. The standard InChI is InChI=1S/C21H19N7O4/c29-16(30)9-15(26-19(31)17-14-7-8-22-18(14)24-10-23-17)11-3-5-13(6-4-11)25-21-28-27-20(32-21)12-1-2-12/h3-8,10,12,15H,1-2,9H2,(H,25,28)(H,26,31)(H,29,30)(H,22,23,24)/t15-/m1/s1. The molecule has 0 radical (unpaired) electrons. The number of aliphatic carboxylic acids is 1. The van der Waals surface area contributed by atoms with E-state index in [2.05, 4.69) is 35.8 Å². The molecule has 0 saturated heterocycles. The lowest BCUT2D eigenvalue weighted by atomic mass is 10.0. The SMILES string of the molecule is O=C(O)C[C@@H](NC(=O)c1ncnc2[nH]ccc12)c1ccc(Nc2nnc(C3CC3)o2)cc1. The van der Waals surface area contributed by atoms with Crippen LogP contribution < -0.4 is 10.6 Å². The van der Waals surface area contributed by atoms with E-state index in [1.54, 1.807) is 36.5 Å². The van der Waals surface area contributed by atoms with Crippen LogP contribution in [-0.2, 0) is 4.79 Å². The van der Waals surface area contributed by atoms with E-state index in [-0.39, 0.29) is 12.1 Å². The second kappa shape index (κ2) is 8.10. The number of benzene rings is 1. The number of carbonyl (C=O) groups excluding carboxylic acids is 1. The van der Waals surface area contributed by atoms with E-state index in [0.717, 1.165) is 12.8 Å². The molecule has 5 rings (SSSR count). The Kier molecular flexibility index (Phi) is 4.98. The summed E-state index contributed by atoms with van der Waals surface area (Å²) in [6.45, 7) is 0. The number of hydrogen-bond donors (Lipinski definition) is 4. The fourth-order valence-corrected chi connectivity index (χ4v) is 3.41. The molecule has 162 valence electrons. The van der Waals surface area contributed by atoms with Gasteiger partial charge in [-0.1, -0.05) is 17.2 Å². The molecule has 11 nitrogen and oxygen atoms in total. The summed E-state index contributed by atoms with van der Waals surface area (Å²) in [6, 6.07) is 8.24. The maximum Gasteiger partial charge on any atom is 0.320 e. The second-order valence-electron chi connectivity index (χ2n) is 7.55. The maximum absolute atomic E-state index is 12.8. The Balaban J connectivity index is 1.32. The van der Waals surface area contributed by atoms with Crippen molar-refractivity contribution in [3.63, 3.8) is 0 Å². The van der Waals surface area contributed by atoms with Gasteiger partial charge in [0, 0.05) is 17.8 Å². The Labute approximate surface area is 181 Å². The first-order chi connectivity index (χ1) is 15.6. The van der Waals surface area contributed by atoms with E-state index in [1.165, 1.54) is 6.33 Å². The zero-order valence-electron chi connectivity index (χ0n) is 16.8. The van der Waals surface area contributed by atoms with Gasteiger partial charge in [0.25, 0.3) is 5.91 Å². The molecule has 3 heterocycles. The highest BCUT2D eigenvalue weighted by Gasteiger charge is 2.29. The number of aromatic amines is 1. The van der Waals surface area contributed by atoms with Crippen molar-refractivity contribution < 1.29 is 19.1 Å². The summed E-state index contributed by atoms with van der Waals surface area (Å²) < 4.78 is 5.59. The van der Waals surface area contributed by atoms with Crippen LogP contribution in [-0.4, -0.2) is 42.1 Å². The van der Waals surface area contributed by atoms with E-state index >= 15 is 0 Å². The van der Waals surface area contributed by atoms with Crippen LogP contribution >= 0.6 is 0 Å². The number of carbonyl (C=O) groups is 2. The van der Waals surface area contributed by atoms with Crippen LogP contribution in [0.4, 0.5) is 11.7 Å². The Hall–Kier alpha value is -4.28. The van der Waals surface area contributed by atoms with Gasteiger partial charge in [0.2, 0.25) is 5.89 Å². The number of aromatic nitrogens is 5. The molecule has 1 aliphatic carbocycles. The number of rotatable bonds is 8. The van der Waals surface area contributed by atoms with Crippen LogP contribution in [0.2, 0.25) is 0 Å². The predicted molar refractivity (Wildman–Crippen MR) is 112 cm³/mol. The Bertz CT molecular complexity index is 1280. The largest absolute Gasteiger partial charge is 0.481 e. The van der Waals surface area contributed by atoms with Crippen molar-refractivity contribution in [1.29, 1.82) is 0 Å². The van der Waals surface area contributed by atoms with Crippen molar-refractivity contribution in [2.75, 3.05) is 5.32 Å². The van der Waals surface area contributed by atoms with E-state index < -0.39 is 17.9 Å². The van der Waals surface area contributed by atoms with Crippen molar-refractivity contribution in [2.24, 2.45) is 0 Å². The molecule has 0 spiro atoms. The van der Waals surface area contributed by atoms with Gasteiger partial charge in [-0.05, 0) is 36.6 Å². The van der Waals surface area contributed by atoms with Gasteiger partial charge >= 0.3 is 12.0 Å². The summed E-state index contributed by atoms with van der Waals surface area (Å²) in [5.41, 5.74) is 2.04. The topological polar surface area (TPSA) is 159 Å². The highest BCUT2D eigenvalue weighted by Crippen LogP contribution is 2.39. The number of carboxylic acid groups (broad SMARTS) is 1. The smallest absolute Gasteiger partial charge is 0.320 e. The second-order valence-corrected chi connectivity index (χ2v) is 7.55. The summed E-state index contributed by atoms with van der Waals surface area (Å²) in [5, 5.41) is 23.7. The number of hydrogen-bond acceptors (Lipinski definition) is 8. The van der Waals surface area contributed by atoms with Gasteiger partial charge in [-0.3, -0.25) is 9.59 Å². The van der Waals surface area contributed by atoms with Crippen molar-refractivity contribution in [3.05, 3.63) is 60.0 Å². The molecule has 4 aromatic rings. The lowest BCUT2D eigenvalue weighted by Crippen LogP contribution is -2.31. The fraction of sp³-hybridized carbons (Fsp3) is 0.238. The first kappa shape index (κ1) is 19.7. The number of amides is 1. The quantitative estimate of drug-likeness (QED) is 0.328. The highest BCUT2D eigenvalue weighted by molar-refractivity contribution is 6.03. The first-order valence-electron chi connectivity index (χ1n) is 10.1. The monoisotopic (exact) mass is 433 g/mol. The van der Waals surface area contributed by atoms with Gasteiger partial charge in [0.1, 0.15) is 17.7 Å². The molecule has 0 unspecified atom stereocenters. The van der Waals surface area contributed by atoms with Gasteiger partial charge in [-0.2, -0.15) is 0 Å². The van der Waals surface area contributed by atoms with Gasteiger partial charge in [0.05, 0.1) is 17.8 Å². The van der Waals surface area contributed by atoms with Crippen LogP contribution in [0.15, 0.2) is 47.3 Å². The summed E-state index contributed by atoms with van der Waals surface area (Å²) in [7, 11) is 0. The third-order valence-electron chi connectivity index (χ3n) is 5.18. The number of nitrogens with zero attached hydrogens (tertiary/aromatic N) is 4. The molecule has 1 saturated carbocycles. The van der Waals surface area contributed by atoms with Crippen LogP contribution in [0.5, 0.6) is 0 Å². The summed E-state index contributed by atoms with van der Waals surface area (Å²) >= 11 is 0. The molecule has 3 aromatic heterocycles. The van der Waals surface area contributed by atoms with Crippen LogP contribution in [0.3, 0.4) is 0 Å². The third-order valence-corrected chi connectivity index (χ3v) is 5.18. The minimum Gasteiger partial charge on any atom is -0.481 e. The number of anilines is 2. The van der Waals surface area contributed by atoms with Crippen molar-refractivity contribution in [3.8, 4) is 0 Å². The Morgan fingerprint density at radius 3 is 2.72 bits per heavy atom. The number of H-pyrrole nitrogens is 1. The average Bonchev–Trinajstić information content (AvgIpc) is 3.33. The Morgan fingerprint density at radius 1 is 1.16 bits per heavy atom. The minimum absolute atomic E-state index is 0.174. The lowest BCUT2D eigenvalue weighted by molar-refractivity contribution is -0.137. The molecule has 1 aliphatic rings. The molecule has 4 N–H and O–H groups in total. The van der Waals surface area contributed by atoms with Crippen LogP contribution in [0.1, 0.15) is 53.2 Å². The third kappa shape index (κ3) is 4.13. The molecule has 0 bridgehead atoms.